The van der Waals surface area contributed by atoms with Crippen molar-refractivity contribution in [3.63, 3.8) is 0 Å². The Morgan fingerprint density at radius 2 is 2.14 bits per heavy atom. The first-order valence-corrected chi connectivity index (χ1v) is 12.4. The predicted octanol–water partition coefficient (Wildman–Crippen LogP) is 4.57. The number of rotatable bonds is 7. The minimum absolute atomic E-state index is 0.0747. The molecule has 11 heteroatoms. The Labute approximate surface area is 211 Å². The fraction of sp³-hybridized carbons (Fsp3) is 0.417. The number of aromatic nitrogens is 1. The van der Waals surface area contributed by atoms with Crippen molar-refractivity contribution in [2.24, 2.45) is 0 Å². The van der Waals surface area contributed by atoms with Crippen molar-refractivity contribution in [1.82, 2.24) is 14.8 Å². The molecule has 0 radical (unpaired) electrons. The normalized spacial score (nSPS) is 18.7. The van der Waals surface area contributed by atoms with Crippen LogP contribution < -0.4 is 10.6 Å². The molecule has 0 saturated carbocycles. The van der Waals surface area contributed by atoms with E-state index in [9.17, 15) is 19.3 Å². The van der Waals surface area contributed by atoms with E-state index in [2.05, 4.69) is 42.5 Å². The molecule has 1 aromatic heterocycles. The molecule has 186 valence electrons. The van der Waals surface area contributed by atoms with Crippen molar-refractivity contribution < 1.29 is 14.1 Å². The molecule has 0 aliphatic carbocycles. The third-order valence-electron chi connectivity index (χ3n) is 6.29. The molecule has 0 bridgehead atoms. The van der Waals surface area contributed by atoms with E-state index in [0.717, 1.165) is 30.6 Å². The Morgan fingerprint density at radius 3 is 2.86 bits per heavy atom. The third kappa shape index (κ3) is 6.15. The van der Waals surface area contributed by atoms with Gasteiger partial charge in [0.1, 0.15) is 5.69 Å². The number of nitro groups is 1. The van der Waals surface area contributed by atoms with Crippen LogP contribution in [0.15, 0.2) is 47.0 Å². The van der Waals surface area contributed by atoms with Crippen molar-refractivity contribution >= 4 is 38.9 Å². The van der Waals surface area contributed by atoms with E-state index in [-0.39, 0.29) is 54.2 Å². The number of nitrogens with zero attached hydrogens (tertiary/aromatic N) is 4. The molecule has 9 nitrogen and oxygen atoms in total. The molecule has 1 atom stereocenters. The number of piperidine rings is 1. The van der Waals surface area contributed by atoms with Gasteiger partial charge in [-0.1, -0.05) is 15.9 Å². The average molecular weight is 547 g/mol. The van der Waals surface area contributed by atoms with E-state index >= 15 is 0 Å². The second-order valence-corrected chi connectivity index (χ2v) is 9.72. The maximum atomic E-state index is 13.5. The van der Waals surface area contributed by atoms with Gasteiger partial charge in [-0.05, 0) is 43.2 Å². The number of hydrogen-bond donors (Lipinski definition) is 2. The van der Waals surface area contributed by atoms with Crippen LogP contribution in [0.25, 0.3) is 0 Å². The Bertz CT molecular complexity index is 1140. The standard InChI is InChI=1S/C24H28BrFN6O3/c1-27-20-9-16(12-28-13-20)14-30-6-2-3-19(15-30)29-23-21(10-17(25)11-22(23)32(34)35)24(33)31-7-4-18(26)5-8-31/h4,9-13,19,27,29H,2-3,5-8,14-15H2,1H3/t19-/m1/s1. The summed E-state index contributed by atoms with van der Waals surface area (Å²) in [6.45, 7) is 2.66. The summed E-state index contributed by atoms with van der Waals surface area (Å²) in [6.07, 6.45) is 6.86. The highest BCUT2D eigenvalue weighted by Crippen LogP contribution is 2.35. The van der Waals surface area contributed by atoms with Gasteiger partial charge in [0.25, 0.3) is 11.6 Å². The smallest absolute Gasteiger partial charge is 0.294 e. The van der Waals surface area contributed by atoms with Crippen molar-refractivity contribution in [2.45, 2.75) is 31.8 Å². The summed E-state index contributed by atoms with van der Waals surface area (Å²) < 4.78 is 13.9. The largest absolute Gasteiger partial charge is 0.387 e. The molecule has 3 heterocycles. The van der Waals surface area contributed by atoms with Crippen LogP contribution in [0.5, 0.6) is 0 Å². The number of anilines is 2. The molecule has 1 aromatic carbocycles. The number of hydrogen-bond acceptors (Lipinski definition) is 7. The monoisotopic (exact) mass is 546 g/mol. The zero-order valence-electron chi connectivity index (χ0n) is 19.5. The summed E-state index contributed by atoms with van der Waals surface area (Å²) >= 11 is 3.31. The minimum Gasteiger partial charge on any atom is -0.387 e. The maximum Gasteiger partial charge on any atom is 0.294 e. The Hall–Kier alpha value is -3.05. The summed E-state index contributed by atoms with van der Waals surface area (Å²) in [5.41, 5.74) is 2.28. The van der Waals surface area contributed by atoms with E-state index in [1.807, 2.05) is 13.2 Å². The van der Waals surface area contributed by atoms with Crippen molar-refractivity contribution in [3.05, 3.63) is 68.2 Å². The number of carbonyl (C=O) groups excluding carboxylic acids is 1. The van der Waals surface area contributed by atoms with E-state index in [1.54, 1.807) is 12.3 Å². The van der Waals surface area contributed by atoms with E-state index in [1.165, 1.54) is 17.0 Å². The Morgan fingerprint density at radius 1 is 1.31 bits per heavy atom. The zero-order valence-corrected chi connectivity index (χ0v) is 21.1. The van der Waals surface area contributed by atoms with Gasteiger partial charge < -0.3 is 15.5 Å². The zero-order chi connectivity index (χ0) is 24.9. The van der Waals surface area contributed by atoms with Crippen molar-refractivity contribution in [2.75, 3.05) is 43.9 Å². The highest BCUT2D eigenvalue weighted by atomic mass is 79.9. The van der Waals surface area contributed by atoms with Gasteiger partial charge in [0.15, 0.2) is 0 Å². The fourth-order valence-electron chi connectivity index (χ4n) is 4.55. The van der Waals surface area contributed by atoms with Crippen LogP contribution in [-0.2, 0) is 6.54 Å². The van der Waals surface area contributed by atoms with Gasteiger partial charge in [0.2, 0.25) is 0 Å². The van der Waals surface area contributed by atoms with Crippen LogP contribution in [0.4, 0.5) is 21.5 Å². The number of nitrogens with one attached hydrogen (secondary N) is 2. The maximum absolute atomic E-state index is 13.5. The number of pyridine rings is 1. The summed E-state index contributed by atoms with van der Waals surface area (Å²) in [6, 6.07) is 4.98. The quantitative estimate of drug-likeness (QED) is 0.387. The first-order valence-electron chi connectivity index (χ1n) is 11.6. The lowest BCUT2D eigenvalue weighted by atomic mass is 10.0. The number of halogens is 2. The lowest BCUT2D eigenvalue weighted by molar-refractivity contribution is -0.384. The van der Waals surface area contributed by atoms with Gasteiger partial charge in [-0.15, -0.1) is 0 Å². The molecule has 2 N–H and O–H groups in total. The number of likely N-dealkylation sites (tertiary alicyclic amines) is 1. The summed E-state index contributed by atoms with van der Waals surface area (Å²) in [7, 11) is 1.85. The lowest BCUT2D eigenvalue weighted by Crippen LogP contribution is -2.42. The van der Waals surface area contributed by atoms with Crippen LogP contribution in [0.2, 0.25) is 0 Å². The van der Waals surface area contributed by atoms with E-state index < -0.39 is 4.92 Å². The summed E-state index contributed by atoms with van der Waals surface area (Å²) in [5, 5.41) is 18.3. The second kappa shape index (κ2) is 11.1. The van der Waals surface area contributed by atoms with Crippen LogP contribution in [0, 0.1) is 10.1 Å². The minimum atomic E-state index is -0.477. The first-order chi connectivity index (χ1) is 16.8. The van der Waals surface area contributed by atoms with Gasteiger partial charge in [0.05, 0.1) is 22.0 Å². The van der Waals surface area contributed by atoms with Crippen LogP contribution in [-0.4, -0.2) is 64.9 Å². The van der Waals surface area contributed by atoms with Crippen LogP contribution in [0.3, 0.4) is 0 Å². The fourth-order valence-corrected chi connectivity index (χ4v) is 4.99. The second-order valence-electron chi connectivity index (χ2n) is 8.81. The Kier molecular flexibility index (Phi) is 7.97. The molecule has 2 aliphatic heterocycles. The highest BCUT2D eigenvalue weighted by Gasteiger charge is 2.30. The molecule has 35 heavy (non-hydrogen) atoms. The molecular formula is C24H28BrFN6O3. The number of carbonyl (C=O) groups is 1. The van der Waals surface area contributed by atoms with Gasteiger partial charge in [-0.2, -0.15) is 0 Å². The predicted molar refractivity (Wildman–Crippen MR) is 136 cm³/mol. The molecule has 1 amide bonds. The molecule has 2 aromatic rings. The molecule has 0 spiro atoms. The highest BCUT2D eigenvalue weighted by molar-refractivity contribution is 9.10. The molecular weight excluding hydrogens is 519 g/mol. The van der Waals surface area contributed by atoms with Crippen LogP contribution in [0.1, 0.15) is 35.2 Å². The molecule has 1 saturated heterocycles. The van der Waals surface area contributed by atoms with Crippen molar-refractivity contribution in [1.29, 1.82) is 0 Å². The Balaban J connectivity index is 1.56. The summed E-state index contributed by atoms with van der Waals surface area (Å²) in [5.74, 6) is -0.603. The molecule has 0 unspecified atom stereocenters. The summed E-state index contributed by atoms with van der Waals surface area (Å²) in [4.78, 5) is 32.8. The van der Waals surface area contributed by atoms with Crippen LogP contribution >= 0.6 is 15.9 Å². The molecule has 4 rings (SSSR count). The number of nitro benzene ring substituents is 1. The van der Waals surface area contributed by atoms with Gasteiger partial charge in [-0.25, -0.2) is 4.39 Å². The van der Waals surface area contributed by atoms with Gasteiger partial charge >= 0.3 is 0 Å². The average Bonchev–Trinajstić information content (AvgIpc) is 2.85. The number of benzene rings is 1. The topological polar surface area (TPSA) is 104 Å². The van der Waals surface area contributed by atoms with E-state index in [0.29, 0.717) is 17.6 Å². The van der Waals surface area contributed by atoms with Crippen molar-refractivity contribution in [3.8, 4) is 0 Å². The third-order valence-corrected chi connectivity index (χ3v) is 6.75. The van der Waals surface area contributed by atoms with Gasteiger partial charge in [-0.3, -0.25) is 24.8 Å². The molecule has 1 fully saturated rings. The lowest BCUT2D eigenvalue weighted by Gasteiger charge is -2.34. The van der Waals surface area contributed by atoms with E-state index in [4.69, 9.17) is 0 Å². The van der Waals surface area contributed by atoms with Gasteiger partial charge in [0, 0.05) is 68.6 Å². The SMILES string of the molecule is CNc1cncc(CN2CCC[C@@H](Nc3c(C(=O)N4CC=C(F)CC4)cc(Br)cc3[N+](=O)[O-])C2)c1. The molecule has 2 aliphatic rings. The number of amides is 1. The first kappa shape index (κ1) is 25.1.